The van der Waals surface area contributed by atoms with E-state index in [2.05, 4.69) is 48.1 Å². The molecule has 0 saturated heterocycles. The van der Waals surface area contributed by atoms with Crippen LogP contribution in [-0.4, -0.2) is 48.7 Å². The van der Waals surface area contributed by atoms with Gasteiger partial charge < -0.3 is 20.7 Å². The zero-order valence-corrected chi connectivity index (χ0v) is 12.5. The van der Waals surface area contributed by atoms with Crippen LogP contribution in [0.3, 0.4) is 0 Å². The lowest BCUT2D eigenvalue weighted by atomic mass is 9.93. The topological polar surface area (TPSA) is 76.3 Å². The third-order valence-electron chi connectivity index (χ3n) is 2.61. The summed E-state index contributed by atoms with van der Waals surface area (Å²) in [4.78, 5) is 10.3. The lowest BCUT2D eigenvalue weighted by molar-refractivity contribution is 0.254. The highest BCUT2D eigenvalue weighted by molar-refractivity contribution is 5.66. The van der Waals surface area contributed by atoms with Crippen LogP contribution in [0.2, 0.25) is 0 Å². The number of aromatic nitrogens is 2. The van der Waals surface area contributed by atoms with Crippen LogP contribution in [0.4, 0.5) is 11.5 Å². The second-order valence-electron chi connectivity index (χ2n) is 5.63. The smallest absolute Gasteiger partial charge is 0.242 e. The number of anilines is 2. The standard InChI is InChI=1S/C13H25N5O/c1-6-19-12-10(14)11(16-9-17-12)15-7-13(2,3)8-18(4)5/h9H,6-8,14H2,1-5H3,(H,15,16,17). The van der Waals surface area contributed by atoms with Gasteiger partial charge in [-0.3, -0.25) is 0 Å². The van der Waals surface area contributed by atoms with Crippen molar-refractivity contribution in [2.45, 2.75) is 20.8 Å². The molecule has 0 unspecified atom stereocenters. The molecule has 1 aromatic heterocycles. The lowest BCUT2D eigenvalue weighted by Crippen LogP contribution is -2.34. The van der Waals surface area contributed by atoms with Gasteiger partial charge in [-0.05, 0) is 26.4 Å². The normalized spacial score (nSPS) is 11.7. The molecular formula is C13H25N5O. The van der Waals surface area contributed by atoms with Gasteiger partial charge in [0.05, 0.1) is 6.61 Å². The van der Waals surface area contributed by atoms with Crippen LogP contribution in [0.15, 0.2) is 6.33 Å². The molecular weight excluding hydrogens is 242 g/mol. The zero-order valence-electron chi connectivity index (χ0n) is 12.5. The quantitative estimate of drug-likeness (QED) is 0.779. The van der Waals surface area contributed by atoms with Gasteiger partial charge in [0.1, 0.15) is 12.0 Å². The van der Waals surface area contributed by atoms with E-state index < -0.39 is 0 Å². The van der Waals surface area contributed by atoms with Crippen molar-refractivity contribution in [1.82, 2.24) is 14.9 Å². The Hall–Kier alpha value is -1.56. The minimum Gasteiger partial charge on any atom is -0.476 e. The summed E-state index contributed by atoms with van der Waals surface area (Å²) >= 11 is 0. The average molecular weight is 267 g/mol. The van der Waals surface area contributed by atoms with E-state index in [1.807, 2.05) is 6.92 Å². The number of rotatable bonds is 7. The maximum Gasteiger partial charge on any atom is 0.242 e. The van der Waals surface area contributed by atoms with E-state index in [0.717, 1.165) is 13.1 Å². The summed E-state index contributed by atoms with van der Waals surface area (Å²) in [7, 11) is 4.13. The highest BCUT2D eigenvalue weighted by Gasteiger charge is 2.20. The first-order valence-corrected chi connectivity index (χ1v) is 6.47. The van der Waals surface area contributed by atoms with Gasteiger partial charge in [0.25, 0.3) is 0 Å². The molecule has 0 aromatic carbocycles. The Kier molecular flexibility index (Phi) is 5.35. The minimum atomic E-state index is 0.118. The first-order chi connectivity index (χ1) is 8.85. The molecule has 0 radical (unpaired) electrons. The monoisotopic (exact) mass is 267 g/mol. The van der Waals surface area contributed by atoms with Crippen LogP contribution in [0.5, 0.6) is 5.88 Å². The minimum absolute atomic E-state index is 0.118. The third kappa shape index (κ3) is 4.90. The Bertz CT molecular complexity index is 406. The van der Waals surface area contributed by atoms with E-state index in [1.54, 1.807) is 0 Å². The molecule has 1 heterocycles. The number of nitrogens with one attached hydrogen (secondary N) is 1. The number of nitrogens with zero attached hydrogens (tertiary/aromatic N) is 3. The van der Waals surface area contributed by atoms with Crippen LogP contribution in [-0.2, 0) is 0 Å². The predicted molar refractivity (Wildman–Crippen MR) is 78.4 cm³/mol. The summed E-state index contributed by atoms with van der Waals surface area (Å²) < 4.78 is 5.35. The summed E-state index contributed by atoms with van der Waals surface area (Å²) in [5.74, 6) is 1.07. The average Bonchev–Trinajstić information content (AvgIpc) is 2.29. The van der Waals surface area contributed by atoms with Crippen molar-refractivity contribution in [3.63, 3.8) is 0 Å². The lowest BCUT2D eigenvalue weighted by Gasteiger charge is -2.28. The number of hydrogen-bond acceptors (Lipinski definition) is 6. The highest BCUT2D eigenvalue weighted by atomic mass is 16.5. The van der Waals surface area contributed by atoms with E-state index in [1.165, 1.54) is 6.33 Å². The second kappa shape index (κ2) is 6.56. The number of ether oxygens (including phenoxy) is 1. The van der Waals surface area contributed by atoms with Crippen molar-refractivity contribution < 1.29 is 4.74 Å². The molecule has 0 amide bonds. The van der Waals surface area contributed by atoms with Gasteiger partial charge >= 0.3 is 0 Å². The molecule has 6 nitrogen and oxygen atoms in total. The molecule has 0 aliphatic rings. The van der Waals surface area contributed by atoms with Crippen molar-refractivity contribution >= 4 is 11.5 Å². The van der Waals surface area contributed by atoms with Gasteiger partial charge in [0, 0.05) is 13.1 Å². The van der Waals surface area contributed by atoms with Gasteiger partial charge in [-0.1, -0.05) is 13.8 Å². The van der Waals surface area contributed by atoms with E-state index in [4.69, 9.17) is 10.5 Å². The molecule has 0 fully saturated rings. The Morgan fingerprint density at radius 2 is 2.05 bits per heavy atom. The fraction of sp³-hybridized carbons (Fsp3) is 0.692. The molecule has 0 spiro atoms. The molecule has 6 heteroatoms. The first kappa shape index (κ1) is 15.5. The SMILES string of the molecule is CCOc1ncnc(NCC(C)(C)CN(C)C)c1N. The Morgan fingerprint density at radius 1 is 1.37 bits per heavy atom. The van der Waals surface area contributed by atoms with E-state index in [0.29, 0.717) is 24.0 Å². The van der Waals surface area contributed by atoms with E-state index in [9.17, 15) is 0 Å². The highest BCUT2D eigenvalue weighted by Crippen LogP contribution is 2.26. The van der Waals surface area contributed by atoms with Crippen LogP contribution in [0.25, 0.3) is 0 Å². The van der Waals surface area contributed by atoms with Crippen molar-refractivity contribution in [2.75, 3.05) is 44.8 Å². The van der Waals surface area contributed by atoms with Gasteiger partial charge in [-0.15, -0.1) is 0 Å². The molecule has 0 atom stereocenters. The first-order valence-electron chi connectivity index (χ1n) is 6.47. The summed E-state index contributed by atoms with van der Waals surface area (Å²) in [6.45, 7) is 8.57. The van der Waals surface area contributed by atoms with Crippen molar-refractivity contribution in [1.29, 1.82) is 0 Å². The Balaban J connectivity index is 2.70. The van der Waals surface area contributed by atoms with Gasteiger partial charge in [-0.2, -0.15) is 4.98 Å². The Morgan fingerprint density at radius 3 is 2.63 bits per heavy atom. The second-order valence-corrected chi connectivity index (χ2v) is 5.63. The molecule has 19 heavy (non-hydrogen) atoms. The molecule has 0 aliphatic heterocycles. The molecule has 1 aromatic rings. The number of nitrogens with two attached hydrogens (primary N) is 1. The third-order valence-corrected chi connectivity index (χ3v) is 2.61. The van der Waals surface area contributed by atoms with Gasteiger partial charge in [0.2, 0.25) is 5.88 Å². The van der Waals surface area contributed by atoms with Crippen molar-refractivity contribution in [3.8, 4) is 5.88 Å². The molecule has 0 bridgehead atoms. The summed E-state index contributed by atoms with van der Waals surface area (Å²) in [6, 6.07) is 0. The van der Waals surface area contributed by atoms with Crippen LogP contribution in [0.1, 0.15) is 20.8 Å². The maximum atomic E-state index is 5.98. The predicted octanol–water partition coefficient (Wildman–Crippen LogP) is 1.46. The van der Waals surface area contributed by atoms with Gasteiger partial charge in [0.15, 0.2) is 5.82 Å². The summed E-state index contributed by atoms with van der Waals surface area (Å²) in [5, 5.41) is 3.27. The molecule has 0 saturated carbocycles. The fourth-order valence-electron chi connectivity index (χ4n) is 2.01. The molecule has 3 N–H and O–H groups in total. The van der Waals surface area contributed by atoms with E-state index >= 15 is 0 Å². The van der Waals surface area contributed by atoms with Crippen LogP contribution in [0, 0.1) is 5.41 Å². The van der Waals surface area contributed by atoms with Crippen molar-refractivity contribution in [3.05, 3.63) is 6.33 Å². The van der Waals surface area contributed by atoms with Crippen molar-refractivity contribution in [2.24, 2.45) is 5.41 Å². The van der Waals surface area contributed by atoms with Crippen LogP contribution >= 0.6 is 0 Å². The van der Waals surface area contributed by atoms with E-state index in [-0.39, 0.29) is 5.41 Å². The van der Waals surface area contributed by atoms with Crippen LogP contribution < -0.4 is 15.8 Å². The fourth-order valence-corrected chi connectivity index (χ4v) is 2.01. The number of nitrogen functional groups attached to an aromatic ring is 1. The number of hydrogen-bond donors (Lipinski definition) is 2. The summed E-state index contributed by atoms with van der Waals surface area (Å²) in [5.41, 5.74) is 6.56. The molecule has 1 rings (SSSR count). The molecule has 108 valence electrons. The Labute approximate surface area is 115 Å². The largest absolute Gasteiger partial charge is 0.476 e. The van der Waals surface area contributed by atoms with Gasteiger partial charge in [-0.25, -0.2) is 4.98 Å². The maximum absolute atomic E-state index is 5.98. The zero-order chi connectivity index (χ0) is 14.5. The summed E-state index contributed by atoms with van der Waals surface area (Å²) in [6.07, 6.45) is 1.46. The molecule has 0 aliphatic carbocycles.